The maximum Gasteiger partial charge on any atom is 0.186 e. The molecule has 0 aromatic heterocycles. The summed E-state index contributed by atoms with van der Waals surface area (Å²) in [6.07, 6.45) is 7.48. The molecule has 0 radical (unpaired) electrons. The lowest BCUT2D eigenvalue weighted by Crippen LogP contribution is -2.49. The van der Waals surface area contributed by atoms with E-state index in [-0.39, 0.29) is 16.9 Å². The van der Waals surface area contributed by atoms with Crippen LogP contribution in [0.2, 0.25) is 0 Å². The minimum absolute atomic E-state index is 0.0707. The van der Waals surface area contributed by atoms with Gasteiger partial charge in [-0.15, -0.1) is 0 Å². The van der Waals surface area contributed by atoms with Gasteiger partial charge in [0.05, 0.1) is 0 Å². The fourth-order valence-corrected chi connectivity index (χ4v) is 3.42. The van der Waals surface area contributed by atoms with Crippen molar-refractivity contribution in [3.8, 4) is 0 Å². The van der Waals surface area contributed by atoms with Crippen molar-refractivity contribution >= 4 is 5.96 Å². The third kappa shape index (κ3) is 7.44. The van der Waals surface area contributed by atoms with Crippen LogP contribution in [0.5, 0.6) is 0 Å². The van der Waals surface area contributed by atoms with Crippen molar-refractivity contribution in [1.82, 2.24) is 5.32 Å². The molecule has 0 heterocycles. The van der Waals surface area contributed by atoms with Crippen molar-refractivity contribution in [3.63, 3.8) is 0 Å². The maximum absolute atomic E-state index is 7.42. The fraction of sp³-hybridized carbons (Fsp3) is 0.938. The average Bonchev–Trinajstić information content (AvgIpc) is 2.20. The van der Waals surface area contributed by atoms with E-state index in [0.29, 0.717) is 0 Å². The van der Waals surface area contributed by atoms with Crippen LogP contribution in [-0.2, 0) is 0 Å². The number of guanidine groups is 1. The molecule has 3 heteroatoms. The Morgan fingerprint density at radius 1 is 1.11 bits per heavy atom. The zero-order valence-corrected chi connectivity index (χ0v) is 13.9. The van der Waals surface area contributed by atoms with Crippen molar-refractivity contribution in [1.29, 1.82) is 5.41 Å². The lowest BCUT2D eigenvalue weighted by molar-refractivity contribution is 0.129. The predicted molar refractivity (Wildman–Crippen MR) is 85.4 cm³/mol. The second kappa shape index (κ2) is 7.76. The molecule has 114 valence electrons. The summed E-state index contributed by atoms with van der Waals surface area (Å²) >= 11 is 0. The molecule has 0 spiro atoms. The molecule has 0 saturated heterocycles. The summed E-state index contributed by atoms with van der Waals surface area (Å²) in [6.45, 7) is 13.5. The smallest absolute Gasteiger partial charge is 0.186 e. The molecule has 0 bridgehead atoms. The standard InChI is InChI=1S/C16H35N3/c1-7-9-11-13(10-8-2)15(3,4)12-16(5,6)19-14(17)18/h13H,7-12H2,1-6H3,(H4,17,18,19). The first-order valence-corrected chi connectivity index (χ1v) is 7.77. The number of unbranched alkanes of at least 4 members (excludes halogenated alkanes) is 1. The summed E-state index contributed by atoms with van der Waals surface area (Å²) in [5, 5.41) is 10.5. The van der Waals surface area contributed by atoms with Crippen molar-refractivity contribution in [2.45, 2.75) is 85.6 Å². The van der Waals surface area contributed by atoms with E-state index in [4.69, 9.17) is 11.1 Å². The van der Waals surface area contributed by atoms with Crippen LogP contribution in [0.25, 0.3) is 0 Å². The van der Waals surface area contributed by atoms with E-state index in [1.54, 1.807) is 0 Å². The Morgan fingerprint density at radius 2 is 1.68 bits per heavy atom. The van der Waals surface area contributed by atoms with E-state index in [0.717, 1.165) is 12.3 Å². The van der Waals surface area contributed by atoms with Gasteiger partial charge in [-0.05, 0) is 38.0 Å². The van der Waals surface area contributed by atoms with Crippen molar-refractivity contribution in [2.75, 3.05) is 0 Å². The molecule has 0 aromatic rings. The number of hydrogen-bond acceptors (Lipinski definition) is 1. The van der Waals surface area contributed by atoms with E-state index in [1.165, 1.54) is 32.1 Å². The van der Waals surface area contributed by atoms with Crippen LogP contribution in [0.15, 0.2) is 0 Å². The Bertz CT molecular complexity index is 269. The number of nitrogens with one attached hydrogen (secondary N) is 2. The summed E-state index contributed by atoms with van der Waals surface area (Å²) < 4.78 is 0. The van der Waals surface area contributed by atoms with Gasteiger partial charge in [0.25, 0.3) is 0 Å². The fourth-order valence-electron chi connectivity index (χ4n) is 3.42. The predicted octanol–water partition coefficient (Wildman–Crippen LogP) is 4.27. The molecule has 0 rings (SSSR count). The van der Waals surface area contributed by atoms with Crippen LogP contribution < -0.4 is 11.1 Å². The van der Waals surface area contributed by atoms with Gasteiger partial charge >= 0.3 is 0 Å². The van der Waals surface area contributed by atoms with Crippen LogP contribution in [0.1, 0.15) is 80.1 Å². The number of nitrogens with two attached hydrogens (primary N) is 1. The summed E-state index contributed by atoms with van der Waals surface area (Å²) in [5.41, 5.74) is 5.64. The van der Waals surface area contributed by atoms with Crippen LogP contribution >= 0.6 is 0 Å². The van der Waals surface area contributed by atoms with Gasteiger partial charge in [-0.3, -0.25) is 5.41 Å². The van der Waals surface area contributed by atoms with Crippen molar-refractivity contribution in [2.24, 2.45) is 17.1 Å². The first-order valence-electron chi connectivity index (χ1n) is 7.77. The largest absolute Gasteiger partial charge is 0.370 e. The zero-order valence-electron chi connectivity index (χ0n) is 13.9. The first kappa shape index (κ1) is 18.3. The van der Waals surface area contributed by atoms with Gasteiger partial charge in [-0.2, -0.15) is 0 Å². The normalized spacial score (nSPS) is 14.2. The molecular formula is C16H35N3. The van der Waals surface area contributed by atoms with Gasteiger partial charge in [-0.25, -0.2) is 0 Å². The third-order valence-electron chi connectivity index (χ3n) is 4.02. The molecule has 0 amide bonds. The highest BCUT2D eigenvalue weighted by atomic mass is 15.1. The van der Waals surface area contributed by atoms with Crippen molar-refractivity contribution < 1.29 is 0 Å². The highest BCUT2D eigenvalue weighted by Crippen LogP contribution is 2.40. The Kier molecular flexibility index (Phi) is 7.46. The SMILES string of the molecule is CCCCC(CCC)C(C)(C)CC(C)(C)NC(=N)N. The van der Waals surface area contributed by atoms with E-state index in [2.05, 4.69) is 46.9 Å². The van der Waals surface area contributed by atoms with E-state index < -0.39 is 0 Å². The van der Waals surface area contributed by atoms with Crippen LogP contribution in [0.3, 0.4) is 0 Å². The quantitative estimate of drug-likeness (QED) is 0.432. The minimum atomic E-state index is -0.118. The minimum Gasteiger partial charge on any atom is -0.370 e. The van der Waals surface area contributed by atoms with Crippen LogP contribution in [0, 0.1) is 16.7 Å². The van der Waals surface area contributed by atoms with Gasteiger partial charge in [0.1, 0.15) is 0 Å². The van der Waals surface area contributed by atoms with Gasteiger partial charge in [-0.1, -0.05) is 53.4 Å². The van der Waals surface area contributed by atoms with E-state index >= 15 is 0 Å². The number of rotatable bonds is 9. The number of hydrogen-bond donors (Lipinski definition) is 3. The van der Waals surface area contributed by atoms with Gasteiger partial charge in [0, 0.05) is 5.54 Å². The van der Waals surface area contributed by atoms with Crippen LogP contribution in [0.4, 0.5) is 0 Å². The lowest BCUT2D eigenvalue weighted by atomic mass is 9.68. The van der Waals surface area contributed by atoms with Crippen molar-refractivity contribution in [3.05, 3.63) is 0 Å². The Labute approximate surface area is 120 Å². The monoisotopic (exact) mass is 269 g/mol. The second-order valence-electron chi connectivity index (χ2n) is 7.22. The molecule has 4 N–H and O–H groups in total. The summed E-state index contributed by atoms with van der Waals surface area (Å²) in [4.78, 5) is 0. The molecule has 1 unspecified atom stereocenters. The third-order valence-corrected chi connectivity index (χ3v) is 4.02. The van der Waals surface area contributed by atoms with Gasteiger partial charge in [0.2, 0.25) is 0 Å². The zero-order chi connectivity index (χ0) is 15.1. The Morgan fingerprint density at radius 3 is 2.11 bits per heavy atom. The second-order valence-corrected chi connectivity index (χ2v) is 7.22. The van der Waals surface area contributed by atoms with E-state index in [1.807, 2.05) is 0 Å². The van der Waals surface area contributed by atoms with Gasteiger partial charge in [0.15, 0.2) is 5.96 Å². The molecule has 3 nitrogen and oxygen atoms in total. The lowest BCUT2D eigenvalue weighted by Gasteiger charge is -2.41. The molecule has 0 saturated carbocycles. The van der Waals surface area contributed by atoms with Gasteiger partial charge < -0.3 is 11.1 Å². The highest BCUT2D eigenvalue weighted by molar-refractivity contribution is 5.75. The molecule has 0 fully saturated rings. The van der Waals surface area contributed by atoms with E-state index in [9.17, 15) is 0 Å². The summed E-state index contributed by atoms with van der Waals surface area (Å²) in [7, 11) is 0. The molecule has 0 aliphatic carbocycles. The molecular weight excluding hydrogens is 234 g/mol. The molecule has 0 aromatic carbocycles. The van der Waals surface area contributed by atoms with Crippen LogP contribution in [-0.4, -0.2) is 11.5 Å². The summed E-state index contributed by atoms with van der Waals surface area (Å²) in [5.74, 6) is 0.826. The molecule has 0 aliphatic heterocycles. The molecule has 0 aliphatic rings. The highest BCUT2D eigenvalue weighted by Gasteiger charge is 2.34. The summed E-state index contributed by atoms with van der Waals surface area (Å²) in [6, 6.07) is 0. The average molecular weight is 269 g/mol. The topological polar surface area (TPSA) is 61.9 Å². The first-order chi connectivity index (χ1) is 8.64. The Hall–Kier alpha value is -0.730. The maximum atomic E-state index is 7.42. The Balaban J connectivity index is 4.73. The molecule has 1 atom stereocenters. The molecule has 19 heavy (non-hydrogen) atoms.